The molecule has 28 heavy (non-hydrogen) atoms. The summed E-state index contributed by atoms with van der Waals surface area (Å²) in [6, 6.07) is 16.3. The first-order valence-corrected chi connectivity index (χ1v) is 9.75. The molecule has 1 aliphatic carbocycles. The van der Waals surface area contributed by atoms with Crippen molar-refractivity contribution in [1.29, 1.82) is 0 Å². The van der Waals surface area contributed by atoms with Crippen molar-refractivity contribution in [1.82, 2.24) is 10.2 Å². The summed E-state index contributed by atoms with van der Waals surface area (Å²) < 4.78 is 5.87. The fourth-order valence-corrected chi connectivity index (χ4v) is 4.07. The summed E-state index contributed by atoms with van der Waals surface area (Å²) in [5, 5.41) is 14.2. The molecule has 2 N–H and O–H groups in total. The lowest BCUT2D eigenvalue weighted by atomic mass is 9.76. The third-order valence-corrected chi connectivity index (χ3v) is 5.71. The highest BCUT2D eigenvalue weighted by Crippen LogP contribution is 2.44. The van der Waals surface area contributed by atoms with Gasteiger partial charge in [-0.25, -0.2) is 0 Å². The van der Waals surface area contributed by atoms with Gasteiger partial charge in [-0.3, -0.25) is 4.90 Å². The normalized spacial score (nSPS) is 18.3. The van der Waals surface area contributed by atoms with Crippen molar-refractivity contribution in [2.24, 2.45) is 5.92 Å². The molecule has 0 unspecified atom stereocenters. The van der Waals surface area contributed by atoms with Gasteiger partial charge in [-0.2, -0.15) is 0 Å². The Morgan fingerprint density at radius 1 is 1.04 bits per heavy atom. The number of nitrogens with one attached hydrogen (secondary N) is 1. The van der Waals surface area contributed by atoms with Crippen molar-refractivity contribution >= 4 is 24.8 Å². The summed E-state index contributed by atoms with van der Waals surface area (Å²) in [6.07, 6.45) is 3.84. The number of nitrogens with zero attached hydrogens (tertiary/aromatic N) is 1. The highest BCUT2D eigenvalue weighted by atomic mass is 35.5. The van der Waals surface area contributed by atoms with Crippen LogP contribution in [0, 0.1) is 5.92 Å². The molecule has 154 valence electrons. The molecule has 0 spiro atoms. The first-order valence-electron chi connectivity index (χ1n) is 9.75. The third-order valence-electron chi connectivity index (χ3n) is 5.71. The second-order valence-electron chi connectivity index (χ2n) is 7.42. The number of benzene rings is 2. The van der Waals surface area contributed by atoms with Gasteiger partial charge in [0.15, 0.2) is 0 Å². The van der Waals surface area contributed by atoms with Crippen LogP contribution in [0.2, 0.25) is 0 Å². The van der Waals surface area contributed by atoms with Gasteiger partial charge in [0.2, 0.25) is 0 Å². The molecule has 1 aliphatic heterocycles. The molecule has 6 heteroatoms. The molecule has 1 heterocycles. The molecular formula is C22H30Cl2N2O2. The first-order chi connectivity index (χ1) is 12.8. The largest absolute Gasteiger partial charge is 0.507 e. The Morgan fingerprint density at radius 2 is 1.75 bits per heavy atom. The Morgan fingerprint density at radius 3 is 2.36 bits per heavy atom. The minimum Gasteiger partial charge on any atom is -0.507 e. The van der Waals surface area contributed by atoms with E-state index in [-0.39, 0.29) is 24.8 Å². The Labute approximate surface area is 180 Å². The number of hydrogen-bond acceptors (Lipinski definition) is 4. The molecule has 2 fully saturated rings. The maximum atomic E-state index is 10.7. The second-order valence-corrected chi connectivity index (χ2v) is 7.42. The zero-order chi connectivity index (χ0) is 17.8. The lowest BCUT2D eigenvalue weighted by molar-refractivity contribution is 0.0818. The Bertz CT molecular complexity index is 720. The molecule has 2 aromatic rings. The van der Waals surface area contributed by atoms with Gasteiger partial charge < -0.3 is 15.2 Å². The van der Waals surface area contributed by atoms with Crippen molar-refractivity contribution in [2.45, 2.75) is 31.9 Å². The smallest absolute Gasteiger partial charge is 0.124 e. The molecule has 0 aromatic heterocycles. The average molecular weight is 425 g/mol. The van der Waals surface area contributed by atoms with E-state index in [1.807, 2.05) is 36.4 Å². The quantitative estimate of drug-likeness (QED) is 0.712. The van der Waals surface area contributed by atoms with Crippen molar-refractivity contribution in [2.75, 3.05) is 26.2 Å². The number of ether oxygens (including phenoxy) is 1. The maximum Gasteiger partial charge on any atom is 0.124 e. The van der Waals surface area contributed by atoms with Gasteiger partial charge in [0, 0.05) is 43.9 Å². The molecular weight excluding hydrogens is 395 g/mol. The molecule has 2 aromatic carbocycles. The van der Waals surface area contributed by atoms with Gasteiger partial charge >= 0.3 is 0 Å². The van der Waals surface area contributed by atoms with Gasteiger partial charge in [-0.15, -0.1) is 24.8 Å². The Balaban J connectivity index is 0.00000140. The van der Waals surface area contributed by atoms with Crippen molar-refractivity contribution in [3.05, 3.63) is 59.7 Å². The fourth-order valence-electron chi connectivity index (χ4n) is 4.07. The minimum atomic E-state index is 0. The average Bonchev–Trinajstić information content (AvgIpc) is 2.65. The monoisotopic (exact) mass is 424 g/mol. The predicted molar refractivity (Wildman–Crippen MR) is 118 cm³/mol. The van der Waals surface area contributed by atoms with E-state index in [0.717, 1.165) is 43.1 Å². The van der Waals surface area contributed by atoms with E-state index in [0.29, 0.717) is 24.3 Å². The summed E-state index contributed by atoms with van der Waals surface area (Å²) in [5.74, 6) is 1.75. The van der Waals surface area contributed by atoms with E-state index in [4.69, 9.17) is 4.74 Å². The molecule has 1 saturated carbocycles. The van der Waals surface area contributed by atoms with Crippen molar-refractivity contribution in [3.63, 3.8) is 0 Å². The summed E-state index contributed by atoms with van der Waals surface area (Å²) in [6.45, 7) is 4.67. The zero-order valence-electron chi connectivity index (χ0n) is 16.0. The van der Waals surface area contributed by atoms with E-state index in [9.17, 15) is 5.11 Å². The van der Waals surface area contributed by atoms with Gasteiger partial charge in [-0.05, 0) is 30.4 Å². The number of piperazine rings is 1. The van der Waals surface area contributed by atoms with Gasteiger partial charge in [0.05, 0.1) is 0 Å². The highest BCUT2D eigenvalue weighted by Gasteiger charge is 2.35. The number of hydrogen-bond donors (Lipinski definition) is 2. The molecule has 4 nitrogen and oxygen atoms in total. The van der Waals surface area contributed by atoms with Crippen LogP contribution in [0.25, 0.3) is 0 Å². The molecule has 0 bridgehead atoms. The molecule has 4 rings (SSSR count). The van der Waals surface area contributed by atoms with Crippen LogP contribution in [0.4, 0.5) is 0 Å². The van der Waals surface area contributed by atoms with E-state index in [1.165, 1.54) is 19.3 Å². The number of phenolic OH excluding ortho intramolecular Hbond substituents is 1. The van der Waals surface area contributed by atoms with Gasteiger partial charge in [-0.1, -0.05) is 42.8 Å². The molecule has 1 atom stereocenters. The minimum absolute atomic E-state index is 0. The first kappa shape index (κ1) is 22.8. The molecule has 1 saturated heterocycles. The number of halogens is 2. The summed E-state index contributed by atoms with van der Waals surface area (Å²) in [5.41, 5.74) is 2.19. The highest BCUT2D eigenvalue weighted by molar-refractivity contribution is 5.85. The van der Waals surface area contributed by atoms with Crippen LogP contribution in [0.5, 0.6) is 11.5 Å². The van der Waals surface area contributed by atoms with Crippen LogP contribution in [-0.4, -0.2) is 36.2 Å². The van der Waals surface area contributed by atoms with Crippen molar-refractivity contribution in [3.8, 4) is 11.5 Å². The molecule has 0 amide bonds. The van der Waals surface area contributed by atoms with Crippen LogP contribution in [0.1, 0.15) is 36.4 Å². The van der Waals surface area contributed by atoms with Gasteiger partial charge in [0.1, 0.15) is 18.1 Å². The fraction of sp³-hybridized carbons (Fsp3) is 0.455. The summed E-state index contributed by atoms with van der Waals surface area (Å²) in [4.78, 5) is 2.54. The van der Waals surface area contributed by atoms with E-state index >= 15 is 0 Å². The molecule has 2 aliphatic rings. The number of aromatic hydroxyl groups is 1. The van der Waals surface area contributed by atoms with Crippen LogP contribution < -0.4 is 10.1 Å². The lowest BCUT2D eigenvalue weighted by Crippen LogP contribution is -2.47. The van der Waals surface area contributed by atoms with Crippen LogP contribution in [0.3, 0.4) is 0 Å². The Hall–Kier alpha value is -1.46. The summed E-state index contributed by atoms with van der Waals surface area (Å²) in [7, 11) is 0. The van der Waals surface area contributed by atoms with E-state index in [1.54, 1.807) is 6.07 Å². The topological polar surface area (TPSA) is 44.7 Å². The second kappa shape index (κ2) is 10.9. The number of rotatable bonds is 6. The van der Waals surface area contributed by atoms with E-state index < -0.39 is 0 Å². The lowest BCUT2D eigenvalue weighted by Gasteiger charge is -2.43. The summed E-state index contributed by atoms with van der Waals surface area (Å²) >= 11 is 0. The molecule has 0 radical (unpaired) electrons. The standard InChI is InChI=1S/C22H28N2O2.2ClH/c25-21-15-19(26-16-17-5-2-1-3-6-17)9-10-20(21)22(18-7-4-8-18)24-13-11-23-12-14-24;;/h1-3,5-6,9-10,15,18,22-23,25H,4,7-8,11-14,16H2;2*1H/t22-;;/m0../s1. The van der Waals surface area contributed by atoms with Crippen molar-refractivity contribution < 1.29 is 9.84 Å². The SMILES string of the molecule is Cl.Cl.Oc1cc(OCc2ccccc2)ccc1[C@H](C1CCC1)N1CCNCC1. The van der Waals surface area contributed by atoms with E-state index in [2.05, 4.69) is 16.3 Å². The predicted octanol–water partition coefficient (Wildman–Crippen LogP) is 4.56. The number of phenols is 1. The van der Waals surface area contributed by atoms with Crippen LogP contribution in [-0.2, 0) is 6.61 Å². The van der Waals surface area contributed by atoms with Crippen LogP contribution in [0.15, 0.2) is 48.5 Å². The van der Waals surface area contributed by atoms with Gasteiger partial charge in [0.25, 0.3) is 0 Å². The van der Waals surface area contributed by atoms with Crippen LogP contribution >= 0.6 is 24.8 Å². The Kier molecular flexibility index (Phi) is 8.90. The third kappa shape index (κ3) is 5.32. The maximum absolute atomic E-state index is 10.7. The zero-order valence-corrected chi connectivity index (χ0v) is 17.7.